The molecule has 2 N–H and O–H groups in total. The van der Waals surface area contributed by atoms with Crippen LogP contribution in [0.1, 0.15) is 53.9 Å². The number of rotatable bonds is 4. The van der Waals surface area contributed by atoms with Gasteiger partial charge in [-0.2, -0.15) is 0 Å². The lowest BCUT2D eigenvalue weighted by Gasteiger charge is -2.32. The summed E-state index contributed by atoms with van der Waals surface area (Å²) in [6.07, 6.45) is 3.23. The van der Waals surface area contributed by atoms with E-state index in [9.17, 15) is 4.79 Å². The first-order valence-electron chi connectivity index (χ1n) is 6.96. The molecule has 1 heterocycles. The quantitative estimate of drug-likeness (QED) is 0.807. The minimum Gasteiger partial charge on any atom is -0.375 e. The maximum atomic E-state index is 11.7. The van der Waals surface area contributed by atoms with Crippen LogP contribution in [0.2, 0.25) is 0 Å². The number of ether oxygens (including phenoxy) is 1. The Balaban J connectivity index is 2.19. The Bertz CT molecular complexity index is 263. The van der Waals surface area contributed by atoms with E-state index in [-0.39, 0.29) is 11.4 Å². The topological polar surface area (TPSA) is 50.4 Å². The standard InChI is InChI=1S/C14H28N2O2/c1-10-8-12(9-11(2)18-10)15-7-6-13(17)16-14(3,4)5/h10-12,15H,6-9H2,1-5H3,(H,16,17). The predicted octanol–water partition coefficient (Wildman–Crippen LogP) is 1.84. The molecule has 0 aromatic rings. The number of carbonyl (C=O) groups is 1. The summed E-state index contributed by atoms with van der Waals surface area (Å²) < 4.78 is 5.69. The Hall–Kier alpha value is -0.610. The van der Waals surface area contributed by atoms with E-state index in [2.05, 4.69) is 24.5 Å². The van der Waals surface area contributed by atoms with Gasteiger partial charge in [-0.05, 0) is 47.5 Å². The molecule has 2 unspecified atom stereocenters. The molecule has 1 aliphatic heterocycles. The van der Waals surface area contributed by atoms with E-state index >= 15 is 0 Å². The normalized spacial score (nSPS) is 29.1. The third kappa shape index (κ3) is 6.36. The zero-order valence-electron chi connectivity index (χ0n) is 12.4. The highest BCUT2D eigenvalue weighted by Gasteiger charge is 2.24. The molecule has 0 aromatic carbocycles. The van der Waals surface area contributed by atoms with E-state index in [1.165, 1.54) is 0 Å². The number of hydrogen-bond acceptors (Lipinski definition) is 3. The highest BCUT2D eigenvalue weighted by atomic mass is 16.5. The van der Waals surface area contributed by atoms with Crippen LogP contribution in [0.25, 0.3) is 0 Å². The van der Waals surface area contributed by atoms with Crippen molar-refractivity contribution in [1.29, 1.82) is 0 Å². The summed E-state index contributed by atoms with van der Waals surface area (Å²) in [5.41, 5.74) is -0.140. The van der Waals surface area contributed by atoms with E-state index in [0.717, 1.165) is 19.4 Å². The number of nitrogens with one attached hydrogen (secondary N) is 2. The van der Waals surface area contributed by atoms with E-state index < -0.39 is 0 Å². The average Bonchev–Trinajstić information content (AvgIpc) is 2.12. The maximum absolute atomic E-state index is 11.7. The molecule has 0 aromatic heterocycles. The molecule has 4 nitrogen and oxygen atoms in total. The minimum absolute atomic E-state index is 0.114. The van der Waals surface area contributed by atoms with Gasteiger partial charge in [0.15, 0.2) is 0 Å². The first-order valence-corrected chi connectivity index (χ1v) is 6.96. The fourth-order valence-corrected chi connectivity index (χ4v) is 2.44. The van der Waals surface area contributed by atoms with Crippen molar-refractivity contribution in [2.24, 2.45) is 0 Å². The lowest BCUT2D eigenvalue weighted by atomic mass is 10.00. The summed E-state index contributed by atoms with van der Waals surface area (Å²) in [7, 11) is 0. The molecule has 1 saturated heterocycles. The molecule has 1 fully saturated rings. The van der Waals surface area contributed by atoms with E-state index in [1.54, 1.807) is 0 Å². The number of amides is 1. The average molecular weight is 256 g/mol. The molecule has 2 atom stereocenters. The van der Waals surface area contributed by atoms with Gasteiger partial charge in [0.25, 0.3) is 0 Å². The van der Waals surface area contributed by atoms with Crippen molar-refractivity contribution in [2.75, 3.05) is 6.54 Å². The highest BCUT2D eigenvalue weighted by molar-refractivity contribution is 5.76. The SMILES string of the molecule is CC1CC(NCCC(=O)NC(C)(C)C)CC(C)O1. The van der Waals surface area contributed by atoms with Gasteiger partial charge < -0.3 is 15.4 Å². The van der Waals surface area contributed by atoms with Crippen LogP contribution >= 0.6 is 0 Å². The summed E-state index contributed by atoms with van der Waals surface area (Å²) in [6.45, 7) is 11.0. The first-order chi connectivity index (χ1) is 8.26. The van der Waals surface area contributed by atoms with E-state index in [4.69, 9.17) is 4.74 Å². The molecule has 106 valence electrons. The van der Waals surface area contributed by atoms with Gasteiger partial charge in [-0.15, -0.1) is 0 Å². The summed E-state index contributed by atoms with van der Waals surface area (Å²) in [5, 5.41) is 6.43. The summed E-state index contributed by atoms with van der Waals surface area (Å²) in [4.78, 5) is 11.7. The van der Waals surface area contributed by atoms with Crippen molar-refractivity contribution in [3.8, 4) is 0 Å². The molecule has 1 amide bonds. The molecule has 18 heavy (non-hydrogen) atoms. The van der Waals surface area contributed by atoms with Crippen molar-refractivity contribution in [3.05, 3.63) is 0 Å². The molecular weight excluding hydrogens is 228 g/mol. The van der Waals surface area contributed by atoms with Crippen molar-refractivity contribution >= 4 is 5.91 Å². The third-order valence-corrected chi connectivity index (χ3v) is 3.00. The molecule has 0 spiro atoms. The van der Waals surface area contributed by atoms with Gasteiger partial charge in [-0.3, -0.25) is 4.79 Å². The molecule has 1 rings (SSSR count). The second kappa shape index (κ2) is 6.53. The van der Waals surface area contributed by atoms with E-state index in [1.807, 2.05) is 20.8 Å². The largest absolute Gasteiger partial charge is 0.375 e. The molecule has 4 heteroatoms. The third-order valence-electron chi connectivity index (χ3n) is 3.00. The second-order valence-electron chi connectivity index (χ2n) is 6.43. The van der Waals surface area contributed by atoms with Gasteiger partial charge in [-0.1, -0.05) is 0 Å². The lowest BCUT2D eigenvalue weighted by Crippen LogP contribution is -2.44. The Kier molecular flexibility index (Phi) is 5.60. The zero-order valence-corrected chi connectivity index (χ0v) is 12.4. The molecule has 1 aliphatic rings. The molecular formula is C14H28N2O2. The van der Waals surface area contributed by atoms with Gasteiger partial charge in [0, 0.05) is 24.5 Å². The van der Waals surface area contributed by atoms with E-state index in [0.29, 0.717) is 24.7 Å². The second-order valence-corrected chi connectivity index (χ2v) is 6.43. The van der Waals surface area contributed by atoms with Crippen LogP contribution in [0, 0.1) is 0 Å². The zero-order chi connectivity index (χ0) is 13.8. The molecule has 0 radical (unpaired) electrons. The van der Waals surface area contributed by atoms with Gasteiger partial charge in [-0.25, -0.2) is 0 Å². The number of hydrogen-bond donors (Lipinski definition) is 2. The van der Waals surface area contributed by atoms with Crippen molar-refractivity contribution in [2.45, 2.75) is 77.7 Å². The van der Waals surface area contributed by atoms with Crippen LogP contribution in [0.5, 0.6) is 0 Å². The molecule has 0 aliphatic carbocycles. The van der Waals surface area contributed by atoms with Crippen LogP contribution in [0.15, 0.2) is 0 Å². The molecule has 0 saturated carbocycles. The minimum atomic E-state index is -0.140. The summed E-state index contributed by atoms with van der Waals surface area (Å²) >= 11 is 0. The van der Waals surface area contributed by atoms with Gasteiger partial charge in [0.05, 0.1) is 12.2 Å². The van der Waals surface area contributed by atoms with Gasteiger partial charge >= 0.3 is 0 Å². The van der Waals surface area contributed by atoms with Gasteiger partial charge in [0.2, 0.25) is 5.91 Å². The Morgan fingerprint density at radius 3 is 2.28 bits per heavy atom. The highest BCUT2D eigenvalue weighted by Crippen LogP contribution is 2.18. The Labute approximate surface area is 111 Å². The molecule has 0 bridgehead atoms. The van der Waals surface area contributed by atoms with Crippen LogP contribution in [-0.2, 0) is 9.53 Å². The Morgan fingerprint density at radius 2 is 1.78 bits per heavy atom. The van der Waals surface area contributed by atoms with Crippen molar-refractivity contribution in [1.82, 2.24) is 10.6 Å². The van der Waals surface area contributed by atoms with Crippen LogP contribution in [-0.4, -0.2) is 36.2 Å². The summed E-state index contributed by atoms with van der Waals surface area (Å²) in [6, 6.07) is 0.478. The Morgan fingerprint density at radius 1 is 1.22 bits per heavy atom. The van der Waals surface area contributed by atoms with Gasteiger partial charge in [0.1, 0.15) is 0 Å². The smallest absolute Gasteiger partial charge is 0.221 e. The van der Waals surface area contributed by atoms with Crippen molar-refractivity contribution in [3.63, 3.8) is 0 Å². The lowest BCUT2D eigenvalue weighted by molar-refractivity contribution is -0.122. The van der Waals surface area contributed by atoms with Crippen LogP contribution in [0.4, 0.5) is 0 Å². The predicted molar refractivity (Wildman–Crippen MR) is 73.5 cm³/mol. The monoisotopic (exact) mass is 256 g/mol. The fraction of sp³-hybridized carbons (Fsp3) is 0.929. The fourth-order valence-electron chi connectivity index (χ4n) is 2.44. The first kappa shape index (κ1) is 15.4. The van der Waals surface area contributed by atoms with Crippen LogP contribution in [0.3, 0.4) is 0 Å². The van der Waals surface area contributed by atoms with Crippen LogP contribution < -0.4 is 10.6 Å². The number of carbonyl (C=O) groups excluding carboxylic acids is 1. The van der Waals surface area contributed by atoms with Crippen molar-refractivity contribution < 1.29 is 9.53 Å². The summed E-state index contributed by atoms with van der Waals surface area (Å²) in [5.74, 6) is 0.114. The maximum Gasteiger partial charge on any atom is 0.221 e.